The Bertz CT molecular complexity index is 727. The first-order valence-corrected chi connectivity index (χ1v) is 7.66. The number of hydrogen-bond acceptors (Lipinski definition) is 4. The molecular weight excluding hydrogens is 337 g/mol. The van der Waals surface area contributed by atoms with Gasteiger partial charge in [-0.25, -0.2) is 4.98 Å². The fraction of sp³-hybridized carbons (Fsp3) is 0.500. The molecule has 2 atom stereocenters. The van der Waals surface area contributed by atoms with Gasteiger partial charge in [0.25, 0.3) is 5.91 Å². The molecule has 0 radical (unpaired) electrons. The van der Waals surface area contributed by atoms with Crippen molar-refractivity contribution in [3.05, 3.63) is 29.1 Å². The molecule has 0 saturated carbocycles. The van der Waals surface area contributed by atoms with Crippen molar-refractivity contribution in [1.82, 2.24) is 15.2 Å². The van der Waals surface area contributed by atoms with E-state index in [1.165, 1.54) is 12.1 Å². The van der Waals surface area contributed by atoms with Crippen molar-refractivity contribution in [2.24, 2.45) is 0 Å². The highest BCUT2D eigenvalue weighted by Gasteiger charge is 2.47. The Morgan fingerprint density at radius 1 is 1.36 bits per heavy atom. The van der Waals surface area contributed by atoms with E-state index in [4.69, 9.17) is 5.26 Å². The summed E-state index contributed by atoms with van der Waals surface area (Å²) >= 11 is 0. The number of rotatable bonds is 2. The normalized spacial score (nSPS) is 20.7. The molecule has 1 aromatic rings. The number of halogens is 3. The molecule has 134 valence electrons. The first-order valence-electron chi connectivity index (χ1n) is 7.66. The maximum Gasteiger partial charge on any atom is 0.408 e. The molecule has 0 aliphatic carbocycles. The van der Waals surface area contributed by atoms with Crippen LogP contribution < -0.4 is 5.32 Å². The maximum absolute atomic E-state index is 13.0. The van der Waals surface area contributed by atoms with Crippen LogP contribution in [0.2, 0.25) is 0 Å². The predicted octanol–water partition coefficient (Wildman–Crippen LogP) is 1.93. The summed E-state index contributed by atoms with van der Waals surface area (Å²) in [5.74, 6) is -1.24. The minimum Gasteiger partial charge on any atom is -0.346 e. The molecule has 1 fully saturated rings. The first kappa shape index (κ1) is 18.7. The third-order valence-electron chi connectivity index (χ3n) is 4.14. The number of nitriles is 1. The van der Waals surface area contributed by atoms with Crippen molar-refractivity contribution >= 4 is 11.8 Å². The van der Waals surface area contributed by atoms with Crippen molar-refractivity contribution in [2.45, 2.75) is 44.9 Å². The van der Waals surface area contributed by atoms with Gasteiger partial charge >= 0.3 is 6.18 Å². The van der Waals surface area contributed by atoms with Gasteiger partial charge in [0.1, 0.15) is 17.8 Å². The number of pyridine rings is 1. The van der Waals surface area contributed by atoms with E-state index in [9.17, 15) is 22.8 Å². The number of carbonyl (C=O) groups excluding carboxylic acids is 2. The van der Waals surface area contributed by atoms with Crippen LogP contribution in [0.1, 0.15) is 41.5 Å². The topological polar surface area (TPSA) is 86.1 Å². The third-order valence-corrected chi connectivity index (χ3v) is 4.14. The van der Waals surface area contributed by atoms with E-state index in [0.717, 1.165) is 11.8 Å². The van der Waals surface area contributed by atoms with Crippen LogP contribution in [0.25, 0.3) is 0 Å². The fourth-order valence-electron chi connectivity index (χ4n) is 2.84. The van der Waals surface area contributed by atoms with Gasteiger partial charge in [0, 0.05) is 19.5 Å². The third kappa shape index (κ3) is 4.26. The van der Waals surface area contributed by atoms with E-state index in [1.807, 2.05) is 6.07 Å². The zero-order valence-electron chi connectivity index (χ0n) is 13.7. The van der Waals surface area contributed by atoms with Crippen LogP contribution in [0.3, 0.4) is 0 Å². The molecule has 1 saturated heterocycles. The molecule has 1 N–H and O–H groups in total. The average molecular weight is 354 g/mol. The number of nitrogens with one attached hydrogen (secondary N) is 1. The molecule has 1 aliphatic heterocycles. The number of piperidine rings is 1. The first-order chi connectivity index (χ1) is 11.6. The summed E-state index contributed by atoms with van der Waals surface area (Å²) in [6.07, 6.45) is -4.66. The second-order valence-electron chi connectivity index (χ2n) is 5.92. The Kier molecular flexibility index (Phi) is 5.30. The summed E-state index contributed by atoms with van der Waals surface area (Å²) in [5, 5.41) is 11.5. The van der Waals surface area contributed by atoms with Gasteiger partial charge in [0.05, 0.1) is 11.3 Å². The van der Waals surface area contributed by atoms with Gasteiger partial charge in [0.15, 0.2) is 0 Å². The smallest absolute Gasteiger partial charge is 0.346 e. The van der Waals surface area contributed by atoms with E-state index in [1.54, 1.807) is 6.92 Å². The van der Waals surface area contributed by atoms with Crippen molar-refractivity contribution in [1.29, 1.82) is 5.26 Å². The van der Waals surface area contributed by atoms with Crippen LogP contribution in [0.4, 0.5) is 13.2 Å². The molecule has 25 heavy (non-hydrogen) atoms. The second-order valence-corrected chi connectivity index (χ2v) is 5.92. The van der Waals surface area contributed by atoms with Gasteiger partial charge in [-0.3, -0.25) is 9.59 Å². The molecule has 2 heterocycles. The molecule has 9 heteroatoms. The van der Waals surface area contributed by atoms with Gasteiger partial charge < -0.3 is 10.2 Å². The summed E-state index contributed by atoms with van der Waals surface area (Å²) in [7, 11) is 0. The van der Waals surface area contributed by atoms with Crippen molar-refractivity contribution in [3.63, 3.8) is 0 Å². The summed E-state index contributed by atoms with van der Waals surface area (Å²) < 4.78 is 39.0. The Hall–Kier alpha value is -2.63. The average Bonchev–Trinajstić information content (AvgIpc) is 2.53. The minimum absolute atomic E-state index is 0.0730. The summed E-state index contributed by atoms with van der Waals surface area (Å²) in [6.45, 7) is 2.45. The highest BCUT2D eigenvalue weighted by molar-refractivity contribution is 5.92. The fourth-order valence-corrected chi connectivity index (χ4v) is 2.84. The number of alkyl halides is 3. The van der Waals surface area contributed by atoms with Gasteiger partial charge in [0.2, 0.25) is 5.91 Å². The van der Waals surface area contributed by atoms with Crippen LogP contribution in [0, 0.1) is 18.3 Å². The predicted molar refractivity (Wildman–Crippen MR) is 81.4 cm³/mol. The Balaban J connectivity index is 2.08. The number of carbonyl (C=O) groups is 2. The van der Waals surface area contributed by atoms with E-state index in [-0.39, 0.29) is 25.1 Å². The zero-order chi connectivity index (χ0) is 18.8. The molecule has 0 bridgehead atoms. The summed E-state index contributed by atoms with van der Waals surface area (Å²) in [6, 6.07) is 2.36. The molecule has 2 rings (SSSR count). The van der Waals surface area contributed by atoms with Gasteiger partial charge in [-0.2, -0.15) is 18.4 Å². The highest BCUT2D eigenvalue weighted by atomic mass is 19.4. The molecule has 1 aromatic heterocycles. The number of hydrogen-bond donors (Lipinski definition) is 1. The maximum atomic E-state index is 13.0. The van der Waals surface area contributed by atoms with Crippen molar-refractivity contribution < 1.29 is 22.8 Å². The van der Waals surface area contributed by atoms with Crippen LogP contribution in [0.5, 0.6) is 0 Å². The van der Waals surface area contributed by atoms with E-state index in [2.05, 4.69) is 10.3 Å². The molecule has 0 spiro atoms. The molecule has 1 aliphatic rings. The van der Waals surface area contributed by atoms with Gasteiger partial charge in [-0.1, -0.05) is 0 Å². The lowest BCUT2D eigenvalue weighted by molar-refractivity contribution is -0.196. The van der Waals surface area contributed by atoms with Crippen LogP contribution >= 0.6 is 0 Å². The van der Waals surface area contributed by atoms with Crippen molar-refractivity contribution in [3.8, 4) is 6.07 Å². The van der Waals surface area contributed by atoms with Gasteiger partial charge in [-0.05, 0) is 31.9 Å². The van der Waals surface area contributed by atoms with E-state index < -0.39 is 30.1 Å². The number of nitrogens with zero attached hydrogens (tertiary/aromatic N) is 3. The van der Waals surface area contributed by atoms with Crippen LogP contribution in [0.15, 0.2) is 12.1 Å². The van der Waals surface area contributed by atoms with Crippen LogP contribution in [-0.4, -0.2) is 46.5 Å². The second kappa shape index (κ2) is 7.09. The Labute approximate surface area is 142 Å². The summed E-state index contributed by atoms with van der Waals surface area (Å²) in [5.41, 5.74) is 0.801. The molecule has 2 amide bonds. The highest BCUT2D eigenvalue weighted by Crippen LogP contribution is 2.32. The van der Waals surface area contributed by atoms with Crippen LogP contribution in [-0.2, 0) is 4.79 Å². The largest absolute Gasteiger partial charge is 0.408 e. The SMILES string of the molecule is CC(=O)N1CC(NC(=O)c2ccc(C#N)c(C)n2)CCC1C(F)(F)F. The van der Waals surface area contributed by atoms with E-state index >= 15 is 0 Å². The quantitative estimate of drug-likeness (QED) is 0.879. The van der Waals surface area contributed by atoms with Crippen molar-refractivity contribution in [2.75, 3.05) is 6.54 Å². The Morgan fingerprint density at radius 2 is 2.04 bits per heavy atom. The molecule has 0 aromatic carbocycles. The number of amides is 2. The monoisotopic (exact) mass is 354 g/mol. The standard InChI is InChI=1S/C16H17F3N4O2/c1-9-11(7-20)3-5-13(21-9)15(25)22-12-4-6-14(16(17,18)19)23(8-12)10(2)24/h3,5,12,14H,4,6,8H2,1-2H3,(H,22,25). The molecule has 2 unspecified atom stereocenters. The number of aryl methyl sites for hydroxylation is 1. The summed E-state index contributed by atoms with van der Waals surface area (Å²) in [4.78, 5) is 28.5. The number of aromatic nitrogens is 1. The Morgan fingerprint density at radius 3 is 2.56 bits per heavy atom. The zero-order valence-corrected chi connectivity index (χ0v) is 13.7. The molecule has 6 nitrogen and oxygen atoms in total. The molecular formula is C16H17F3N4O2. The lowest BCUT2D eigenvalue weighted by Crippen LogP contribution is -2.57. The lowest BCUT2D eigenvalue weighted by Gasteiger charge is -2.40. The van der Waals surface area contributed by atoms with E-state index in [0.29, 0.717) is 11.3 Å². The minimum atomic E-state index is -4.49. The van der Waals surface area contributed by atoms with Gasteiger partial charge in [-0.15, -0.1) is 0 Å². The number of likely N-dealkylation sites (tertiary alicyclic amines) is 1. The lowest BCUT2D eigenvalue weighted by atomic mass is 9.97.